The summed E-state index contributed by atoms with van der Waals surface area (Å²) in [6.07, 6.45) is 0. The first-order valence-electron chi connectivity index (χ1n) is 8.18. The lowest BCUT2D eigenvalue weighted by molar-refractivity contribution is 0.101. The van der Waals surface area contributed by atoms with Gasteiger partial charge in [0.2, 0.25) is 0 Å². The SMILES string of the molecule is Cc1ccc(NC(=O)c2ccccc2Cl)cc1NC(=O)c1ccccc1Cl. The summed E-state index contributed by atoms with van der Waals surface area (Å²) in [5.41, 5.74) is 2.73. The highest BCUT2D eigenvalue weighted by atomic mass is 35.5. The third-order valence-corrected chi connectivity index (χ3v) is 4.64. The molecule has 0 spiro atoms. The van der Waals surface area contributed by atoms with Gasteiger partial charge in [0.25, 0.3) is 11.8 Å². The van der Waals surface area contributed by atoms with Gasteiger partial charge in [0.1, 0.15) is 0 Å². The average molecular weight is 399 g/mol. The maximum absolute atomic E-state index is 12.5. The molecule has 0 fully saturated rings. The molecule has 0 aliphatic heterocycles. The Bertz CT molecular complexity index is 1020. The molecule has 2 amide bonds. The van der Waals surface area contributed by atoms with Gasteiger partial charge in [-0.1, -0.05) is 53.5 Å². The monoisotopic (exact) mass is 398 g/mol. The summed E-state index contributed by atoms with van der Waals surface area (Å²) in [5, 5.41) is 6.36. The van der Waals surface area contributed by atoms with Crippen molar-refractivity contribution in [3.05, 3.63) is 93.5 Å². The van der Waals surface area contributed by atoms with Gasteiger partial charge in [-0.05, 0) is 48.9 Å². The van der Waals surface area contributed by atoms with E-state index in [2.05, 4.69) is 10.6 Å². The summed E-state index contributed by atoms with van der Waals surface area (Å²) in [5.74, 6) is -0.647. The van der Waals surface area contributed by atoms with Crippen LogP contribution in [0.15, 0.2) is 66.7 Å². The van der Waals surface area contributed by atoms with E-state index in [0.29, 0.717) is 32.5 Å². The highest BCUT2D eigenvalue weighted by Gasteiger charge is 2.13. The Balaban J connectivity index is 1.80. The second-order valence-corrected chi connectivity index (χ2v) is 6.71. The molecule has 27 heavy (non-hydrogen) atoms. The second-order valence-electron chi connectivity index (χ2n) is 5.90. The van der Waals surface area contributed by atoms with Crippen molar-refractivity contribution in [1.29, 1.82) is 0 Å². The molecule has 0 bridgehead atoms. The van der Waals surface area contributed by atoms with Crippen LogP contribution >= 0.6 is 23.2 Å². The molecule has 0 aliphatic rings. The minimum absolute atomic E-state index is 0.321. The molecule has 0 aromatic heterocycles. The molecule has 0 atom stereocenters. The Labute approximate surface area is 167 Å². The minimum atomic E-state index is -0.326. The quantitative estimate of drug-likeness (QED) is 0.582. The third kappa shape index (κ3) is 4.48. The average Bonchev–Trinajstić information content (AvgIpc) is 2.65. The molecule has 0 aliphatic carbocycles. The van der Waals surface area contributed by atoms with E-state index in [-0.39, 0.29) is 11.8 Å². The molecule has 3 rings (SSSR count). The normalized spacial score (nSPS) is 10.3. The van der Waals surface area contributed by atoms with Crippen molar-refractivity contribution in [1.82, 2.24) is 0 Å². The lowest BCUT2D eigenvalue weighted by Gasteiger charge is -2.12. The molecule has 3 aromatic rings. The van der Waals surface area contributed by atoms with Gasteiger partial charge in [0.05, 0.1) is 21.2 Å². The summed E-state index contributed by atoms with van der Waals surface area (Å²) in [4.78, 5) is 24.9. The van der Waals surface area contributed by atoms with Crippen LogP contribution < -0.4 is 10.6 Å². The van der Waals surface area contributed by atoms with Crippen LogP contribution in [0.5, 0.6) is 0 Å². The van der Waals surface area contributed by atoms with E-state index in [1.54, 1.807) is 60.7 Å². The van der Waals surface area contributed by atoms with Crippen molar-refractivity contribution in [2.45, 2.75) is 6.92 Å². The van der Waals surface area contributed by atoms with Crippen LogP contribution in [0.1, 0.15) is 26.3 Å². The van der Waals surface area contributed by atoms with Gasteiger partial charge in [-0.2, -0.15) is 0 Å². The summed E-state index contributed by atoms with van der Waals surface area (Å²) < 4.78 is 0. The predicted molar refractivity (Wildman–Crippen MR) is 110 cm³/mol. The van der Waals surface area contributed by atoms with Crippen molar-refractivity contribution >= 4 is 46.4 Å². The number of aryl methyl sites for hydroxylation is 1. The number of hydrogen-bond acceptors (Lipinski definition) is 2. The van der Waals surface area contributed by atoms with E-state index in [4.69, 9.17) is 23.2 Å². The summed E-state index contributed by atoms with van der Waals surface area (Å²) >= 11 is 12.1. The second kappa shape index (κ2) is 8.25. The Morgan fingerprint density at radius 3 is 1.81 bits per heavy atom. The molecule has 0 heterocycles. The molecule has 0 radical (unpaired) electrons. The zero-order valence-electron chi connectivity index (χ0n) is 14.4. The van der Waals surface area contributed by atoms with Crippen molar-refractivity contribution in [3.63, 3.8) is 0 Å². The number of carbonyl (C=O) groups is 2. The van der Waals surface area contributed by atoms with Gasteiger partial charge in [-0.25, -0.2) is 0 Å². The van der Waals surface area contributed by atoms with Crippen molar-refractivity contribution in [2.24, 2.45) is 0 Å². The van der Waals surface area contributed by atoms with Crippen LogP contribution in [0, 0.1) is 6.92 Å². The number of benzene rings is 3. The fourth-order valence-corrected chi connectivity index (χ4v) is 2.96. The molecule has 0 unspecified atom stereocenters. The van der Waals surface area contributed by atoms with Crippen molar-refractivity contribution in [2.75, 3.05) is 10.6 Å². The molecule has 6 heteroatoms. The topological polar surface area (TPSA) is 58.2 Å². The molecule has 2 N–H and O–H groups in total. The van der Waals surface area contributed by atoms with Gasteiger partial charge in [-0.3, -0.25) is 9.59 Å². The lowest BCUT2D eigenvalue weighted by Crippen LogP contribution is -2.15. The van der Waals surface area contributed by atoms with Gasteiger partial charge in [0, 0.05) is 11.4 Å². The minimum Gasteiger partial charge on any atom is -0.322 e. The fourth-order valence-electron chi connectivity index (χ4n) is 2.51. The Kier molecular flexibility index (Phi) is 5.79. The van der Waals surface area contributed by atoms with Crippen LogP contribution in [0.3, 0.4) is 0 Å². The fraction of sp³-hybridized carbons (Fsp3) is 0.0476. The van der Waals surface area contributed by atoms with Crippen LogP contribution in [-0.4, -0.2) is 11.8 Å². The molecule has 0 saturated carbocycles. The molecule has 136 valence electrons. The van der Waals surface area contributed by atoms with Crippen molar-refractivity contribution < 1.29 is 9.59 Å². The van der Waals surface area contributed by atoms with Crippen LogP contribution in [0.4, 0.5) is 11.4 Å². The number of hydrogen-bond donors (Lipinski definition) is 2. The van der Waals surface area contributed by atoms with Crippen LogP contribution in [0.2, 0.25) is 10.0 Å². The standard InChI is InChI=1S/C21H16Cl2N2O2/c1-13-10-11-14(24-20(26)15-6-2-4-8-17(15)22)12-19(13)25-21(27)16-7-3-5-9-18(16)23/h2-12H,1H3,(H,24,26)(H,25,27). The summed E-state index contributed by atoms with van der Waals surface area (Å²) in [6, 6.07) is 18.9. The number of rotatable bonds is 4. The van der Waals surface area contributed by atoms with E-state index in [1.807, 2.05) is 13.0 Å². The smallest absolute Gasteiger partial charge is 0.257 e. The largest absolute Gasteiger partial charge is 0.322 e. The maximum atomic E-state index is 12.5. The summed E-state index contributed by atoms with van der Waals surface area (Å²) in [6.45, 7) is 1.86. The van der Waals surface area contributed by atoms with E-state index >= 15 is 0 Å². The van der Waals surface area contributed by atoms with Gasteiger partial charge >= 0.3 is 0 Å². The third-order valence-electron chi connectivity index (χ3n) is 3.98. The van der Waals surface area contributed by atoms with E-state index < -0.39 is 0 Å². The molecule has 0 saturated heterocycles. The first-order valence-corrected chi connectivity index (χ1v) is 8.93. The van der Waals surface area contributed by atoms with Gasteiger partial charge in [0.15, 0.2) is 0 Å². The summed E-state index contributed by atoms with van der Waals surface area (Å²) in [7, 11) is 0. The van der Waals surface area contributed by atoms with E-state index in [0.717, 1.165) is 5.56 Å². The number of anilines is 2. The number of amides is 2. The number of halogens is 2. The van der Waals surface area contributed by atoms with E-state index in [1.165, 1.54) is 0 Å². The highest BCUT2D eigenvalue weighted by molar-refractivity contribution is 6.35. The predicted octanol–water partition coefficient (Wildman–Crippen LogP) is 5.81. The van der Waals surface area contributed by atoms with Crippen LogP contribution in [0.25, 0.3) is 0 Å². The molecule has 3 aromatic carbocycles. The van der Waals surface area contributed by atoms with Crippen molar-refractivity contribution in [3.8, 4) is 0 Å². The Morgan fingerprint density at radius 2 is 1.26 bits per heavy atom. The molecular weight excluding hydrogens is 383 g/mol. The first-order chi connectivity index (χ1) is 13.0. The first kappa shape index (κ1) is 19.0. The molecule has 4 nitrogen and oxygen atoms in total. The zero-order valence-corrected chi connectivity index (χ0v) is 15.9. The van der Waals surface area contributed by atoms with Gasteiger partial charge in [-0.15, -0.1) is 0 Å². The lowest BCUT2D eigenvalue weighted by atomic mass is 10.1. The maximum Gasteiger partial charge on any atom is 0.257 e. The Hall–Kier alpha value is -2.82. The number of nitrogens with one attached hydrogen (secondary N) is 2. The molecular formula is C21H16Cl2N2O2. The van der Waals surface area contributed by atoms with Crippen LogP contribution in [-0.2, 0) is 0 Å². The highest BCUT2D eigenvalue weighted by Crippen LogP contribution is 2.24. The number of carbonyl (C=O) groups excluding carboxylic acids is 2. The Morgan fingerprint density at radius 1 is 0.741 bits per heavy atom. The zero-order chi connectivity index (χ0) is 19.4. The van der Waals surface area contributed by atoms with E-state index in [9.17, 15) is 9.59 Å². The van der Waals surface area contributed by atoms with Gasteiger partial charge < -0.3 is 10.6 Å².